The maximum atomic E-state index is 11.6. The van der Waals surface area contributed by atoms with Crippen LogP contribution in [0, 0.1) is 10.7 Å². The molecule has 0 fully saturated rings. The van der Waals surface area contributed by atoms with Crippen molar-refractivity contribution in [1.82, 2.24) is 9.97 Å². The van der Waals surface area contributed by atoms with Gasteiger partial charge < -0.3 is 10.1 Å². The van der Waals surface area contributed by atoms with Gasteiger partial charge in [0.15, 0.2) is 4.77 Å². The van der Waals surface area contributed by atoms with Gasteiger partial charge in [0, 0.05) is 17.7 Å². The first-order valence-electron chi connectivity index (χ1n) is 5.02. The van der Waals surface area contributed by atoms with E-state index in [1.54, 1.807) is 6.92 Å². The smallest absolute Gasteiger partial charge is 0.306 e. The Labute approximate surface area is 97.5 Å². The molecule has 1 atom stereocenters. The zero-order chi connectivity index (χ0) is 12.3. The van der Waals surface area contributed by atoms with Crippen LogP contribution in [0.25, 0.3) is 0 Å². The molecule has 3 N–H and O–H groups in total. The van der Waals surface area contributed by atoms with E-state index in [0.29, 0.717) is 17.7 Å². The number of aromatic nitrogens is 2. The first-order valence-corrected chi connectivity index (χ1v) is 5.43. The third-order valence-corrected chi connectivity index (χ3v) is 2.62. The summed E-state index contributed by atoms with van der Waals surface area (Å²) in [5.41, 5.74) is 0.951. The van der Waals surface area contributed by atoms with Gasteiger partial charge in [-0.3, -0.25) is 14.6 Å². The number of H-pyrrole nitrogens is 2. The third-order valence-electron chi connectivity index (χ3n) is 2.42. The lowest BCUT2D eigenvalue weighted by atomic mass is 10.0. The summed E-state index contributed by atoms with van der Waals surface area (Å²) < 4.78 is 0.231. The average molecular weight is 242 g/mol. The Kier molecular flexibility index (Phi) is 4.00. The Morgan fingerprint density at radius 2 is 2.12 bits per heavy atom. The Balaban J connectivity index is 3.17. The van der Waals surface area contributed by atoms with E-state index in [9.17, 15) is 9.59 Å². The van der Waals surface area contributed by atoms with Gasteiger partial charge in [0.1, 0.15) is 0 Å². The second-order valence-electron chi connectivity index (χ2n) is 3.66. The predicted octanol–water partition coefficient (Wildman–Crippen LogP) is 1.26. The molecule has 0 aliphatic rings. The van der Waals surface area contributed by atoms with E-state index in [-0.39, 0.29) is 16.8 Å². The van der Waals surface area contributed by atoms with Crippen molar-refractivity contribution in [2.45, 2.75) is 26.7 Å². The molecule has 0 amide bonds. The molecule has 16 heavy (non-hydrogen) atoms. The van der Waals surface area contributed by atoms with E-state index in [1.165, 1.54) is 0 Å². The monoisotopic (exact) mass is 242 g/mol. The molecule has 1 unspecified atom stereocenters. The zero-order valence-corrected chi connectivity index (χ0v) is 9.98. The second kappa shape index (κ2) is 5.07. The molecule has 0 saturated heterocycles. The summed E-state index contributed by atoms with van der Waals surface area (Å²) >= 11 is 4.85. The van der Waals surface area contributed by atoms with E-state index in [4.69, 9.17) is 17.3 Å². The lowest BCUT2D eigenvalue weighted by molar-refractivity contribution is -0.141. The van der Waals surface area contributed by atoms with Crippen molar-refractivity contribution in [2.75, 3.05) is 0 Å². The fourth-order valence-electron chi connectivity index (χ4n) is 1.50. The Morgan fingerprint density at radius 1 is 1.50 bits per heavy atom. The molecular weight excluding hydrogens is 228 g/mol. The molecule has 1 aromatic heterocycles. The predicted molar refractivity (Wildman–Crippen MR) is 62.1 cm³/mol. The highest BCUT2D eigenvalue weighted by atomic mass is 32.1. The van der Waals surface area contributed by atoms with Gasteiger partial charge in [-0.1, -0.05) is 13.8 Å². The number of aliphatic carboxylic acids is 1. The largest absolute Gasteiger partial charge is 0.481 e. The Morgan fingerprint density at radius 3 is 2.62 bits per heavy atom. The molecule has 0 saturated carbocycles. The molecule has 1 heterocycles. The topological polar surface area (TPSA) is 85.9 Å². The molecule has 0 radical (unpaired) electrons. The lowest BCUT2D eigenvalue weighted by Gasteiger charge is -2.09. The van der Waals surface area contributed by atoms with E-state index >= 15 is 0 Å². The summed E-state index contributed by atoms with van der Waals surface area (Å²) in [5.74, 6) is -1.43. The molecule has 0 aliphatic carbocycles. The van der Waals surface area contributed by atoms with Crippen LogP contribution < -0.4 is 5.56 Å². The number of carboxylic acids is 1. The molecule has 5 nitrogen and oxygen atoms in total. The van der Waals surface area contributed by atoms with Crippen molar-refractivity contribution in [3.8, 4) is 0 Å². The van der Waals surface area contributed by atoms with Crippen LogP contribution in [0.5, 0.6) is 0 Å². The number of hydrogen-bond acceptors (Lipinski definition) is 3. The van der Waals surface area contributed by atoms with E-state index in [2.05, 4.69) is 9.97 Å². The summed E-state index contributed by atoms with van der Waals surface area (Å²) in [6, 6.07) is 0. The summed E-state index contributed by atoms with van der Waals surface area (Å²) in [4.78, 5) is 27.6. The van der Waals surface area contributed by atoms with Crippen molar-refractivity contribution < 1.29 is 9.90 Å². The van der Waals surface area contributed by atoms with E-state index < -0.39 is 11.9 Å². The highest BCUT2D eigenvalue weighted by Crippen LogP contribution is 2.09. The summed E-state index contributed by atoms with van der Waals surface area (Å²) in [7, 11) is 0. The van der Waals surface area contributed by atoms with Gasteiger partial charge in [-0.05, 0) is 18.6 Å². The van der Waals surface area contributed by atoms with Gasteiger partial charge in [-0.25, -0.2) is 0 Å². The molecule has 1 aromatic rings. The van der Waals surface area contributed by atoms with Crippen LogP contribution in [-0.2, 0) is 17.6 Å². The van der Waals surface area contributed by atoms with Crippen LogP contribution in [0.2, 0.25) is 0 Å². The minimum absolute atomic E-state index is 0.231. The summed E-state index contributed by atoms with van der Waals surface area (Å²) in [6.07, 6.45) is 0.829. The maximum Gasteiger partial charge on any atom is 0.306 e. The normalized spacial score (nSPS) is 12.4. The highest BCUT2D eigenvalue weighted by Gasteiger charge is 2.15. The second-order valence-corrected chi connectivity index (χ2v) is 4.07. The molecule has 6 heteroatoms. The van der Waals surface area contributed by atoms with Crippen molar-refractivity contribution in [3.63, 3.8) is 0 Å². The van der Waals surface area contributed by atoms with Gasteiger partial charge in [0.2, 0.25) is 0 Å². The summed E-state index contributed by atoms with van der Waals surface area (Å²) in [5, 5.41) is 8.82. The van der Waals surface area contributed by atoms with Crippen LogP contribution in [0.3, 0.4) is 0 Å². The number of nitrogens with one attached hydrogen (secondary N) is 2. The van der Waals surface area contributed by atoms with Gasteiger partial charge >= 0.3 is 5.97 Å². The van der Waals surface area contributed by atoms with Crippen LogP contribution in [-0.4, -0.2) is 21.0 Å². The summed E-state index contributed by atoms with van der Waals surface area (Å²) in [6.45, 7) is 3.44. The quantitative estimate of drug-likeness (QED) is 0.694. The first-order chi connectivity index (χ1) is 7.45. The molecule has 1 rings (SSSR count). The van der Waals surface area contributed by atoms with Crippen LogP contribution >= 0.6 is 12.2 Å². The number of aromatic amines is 2. The lowest BCUT2D eigenvalue weighted by Crippen LogP contribution is -2.21. The molecule has 0 bridgehead atoms. The Hall–Kier alpha value is -1.43. The number of rotatable bonds is 4. The molecule has 0 aromatic carbocycles. The molecule has 88 valence electrons. The average Bonchev–Trinajstić information content (AvgIpc) is 2.16. The first kappa shape index (κ1) is 12.6. The van der Waals surface area contributed by atoms with Gasteiger partial charge in [0.05, 0.1) is 5.92 Å². The van der Waals surface area contributed by atoms with Crippen LogP contribution in [0.15, 0.2) is 4.79 Å². The van der Waals surface area contributed by atoms with Gasteiger partial charge in [-0.15, -0.1) is 0 Å². The number of hydrogen-bond donors (Lipinski definition) is 3. The minimum atomic E-state index is -0.887. The van der Waals surface area contributed by atoms with Crippen molar-refractivity contribution >= 4 is 18.2 Å². The molecular formula is C10H14N2O3S. The maximum absolute atomic E-state index is 11.6. The third kappa shape index (κ3) is 2.79. The van der Waals surface area contributed by atoms with Crippen molar-refractivity contribution in [3.05, 3.63) is 26.4 Å². The number of carbonyl (C=O) groups is 1. The Bertz CT molecular complexity index is 504. The molecule has 0 spiro atoms. The van der Waals surface area contributed by atoms with Crippen molar-refractivity contribution in [1.29, 1.82) is 0 Å². The molecule has 0 aliphatic heterocycles. The zero-order valence-electron chi connectivity index (χ0n) is 9.16. The van der Waals surface area contributed by atoms with E-state index in [1.807, 2.05) is 6.92 Å². The minimum Gasteiger partial charge on any atom is -0.481 e. The van der Waals surface area contributed by atoms with Gasteiger partial charge in [0.25, 0.3) is 5.56 Å². The SMILES string of the molecule is CCc1c(CC(C)C(=O)O)[nH]c(=S)[nH]c1=O. The highest BCUT2D eigenvalue weighted by molar-refractivity contribution is 7.71. The van der Waals surface area contributed by atoms with Crippen LogP contribution in [0.4, 0.5) is 0 Å². The van der Waals surface area contributed by atoms with Crippen LogP contribution in [0.1, 0.15) is 25.1 Å². The fourth-order valence-corrected chi connectivity index (χ4v) is 1.72. The number of carboxylic acid groups (broad SMARTS) is 1. The van der Waals surface area contributed by atoms with E-state index in [0.717, 1.165) is 0 Å². The standard InChI is InChI=1S/C10H14N2O3S/c1-3-6-7(4-5(2)9(14)15)11-10(16)12-8(6)13/h5H,3-4H2,1-2H3,(H,14,15)(H2,11,12,13,16). The van der Waals surface area contributed by atoms with Gasteiger partial charge in [-0.2, -0.15) is 0 Å². The fraction of sp³-hybridized carbons (Fsp3) is 0.500. The van der Waals surface area contributed by atoms with Crippen molar-refractivity contribution in [2.24, 2.45) is 5.92 Å².